The first kappa shape index (κ1) is 34.5. The molecule has 0 saturated heterocycles. The van der Waals surface area contributed by atoms with Gasteiger partial charge in [0.15, 0.2) is 0 Å². The molecule has 4 aliphatic carbocycles. The van der Waals surface area contributed by atoms with Gasteiger partial charge in [-0.3, -0.25) is 13.9 Å². The van der Waals surface area contributed by atoms with Crippen LogP contribution in [-0.4, -0.2) is 50.0 Å². The molecule has 4 bridgehead atoms. The lowest BCUT2D eigenvalue weighted by molar-refractivity contribution is -0.140. The second-order valence-electron chi connectivity index (χ2n) is 14.7. The van der Waals surface area contributed by atoms with Crippen LogP contribution in [0.1, 0.15) is 75.5 Å². The minimum Gasteiger partial charge on any atom is -0.352 e. The summed E-state index contributed by atoms with van der Waals surface area (Å²) >= 11 is 6.17. The number of halogens is 1. The highest BCUT2D eigenvalue weighted by atomic mass is 35.5. The van der Waals surface area contributed by atoms with Crippen LogP contribution in [0.2, 0.25) is 5.02 Å². The van der Waals surface area contributed by atoms with Crippen LogP contribution in [0.25, 0.3) is 0 Å². The molecule has 2 amide bonds. The van der Waals surface area contributed by atoms with Gasteiger partial charge in [0.05, 0.1) is 11.9 Å². The van der Waals surface area contributed by atoms with Crippen molar-refractivity contribution in [1.82, 2.24) is 10.2 Å². The molecule has 4 saturated carbocycles. The van der Waals surface area contributed by atoms with Crippen molar-refractivity contribution in [2.24, 2.45) is 17.8 Å². The molecule has 256 valence electrons. The zero-order valence-corrected chi connectivity index (χ0v) is 29.8. The third kappa shape index (κ3) is 7.76. The molecule has 0 heterocycles. The van der Waals surface area contributed by atoms with Crippen molar-refractivity contribution in [3.8, 4) is 0 Å². The Labute approximate surface area is 291 Å². The fraction of sp³-hybridized carbons (Fsp3) is 0.487. The summed E-state index contributed by atoms with van der Waals surface area (Å²) in [5.41, 5.74) is 3.61. The summed E-state index contributed by atoms with van der Waals surface area (Å²) in [5, 5.41) is 3.63. The highest BCUT2D eigenvalue weighted by Gasteiger charge is 2.51. The van der Waals surface area contributed by atoms with E-state index in [4.69, 9.17) is 11.6 Å². The van der Waals surface area contributed by atoms with E-state index in [0.717, 1.165) is 41.6 Å². The quantitative estimate of drug-likeness (QED) is 0.207. The molecule has 9 heteroatoms. The molecule has 3 aromatic carbocycles. The Morgan fingerprint density at radius 3 is 2.00 bits per heavy atom. The van der Waals surface area contributed by atoms with Crippen LogP contribution in [0.3, 0.4) is 0 Å². The number of anilines is 1. The molecule has 4 aliphatic rings. The van der Waals surface area contributed by atoms with E-state index >= 15 is 0 Å². The average Bonchev–Trinajstić information content (AvgIpc) is 3.05. The molecule has 0 radical (unpaired) electrons. The summed E-state index contributed by atoms with van der Waals surface area (Å²) in [7, 11) is -3.84. The van der Waals surface area contributed by atoms with E-state index < -0.39 is 28.5 Å². The molecule has 0 spiro atoms. The van der Waals surface area contributed by atoms with Crippen molar-refractivity contribution in [3.63, 3.8) is 0 Å². The highest BCUT2D eigenvalue weighted by molar-refractivity contribution is 7.92. The molecule has 3 aromatic rings. The number of sulfonamides is 1. The normalized spacial score (nSPS) is 24.1. The number of hydrogen-bond acceptors (Lipinski definition) is 4. The zero-order valence-electron chi connectivity index (χ0n) is 28.3. The third-order valence-electron chi connectivity index (χ3n) is 11.0. The van der Waals surface area contributed by atoms with Gasteiger partial charge in [-0.15, -0.1) is 0 Å². The monoisotopic (exact) mass is 689 g/mol. The number of carbonyl (C=O) groups is 2. The number of nitrogens with zero attached hydrogens (tertiary/aromatic N) is 2. The molecule has 2 atom stereocenters. The Morgan fingerprint density at radius 2 is 1.46 bits per heavy atom. The van der Waals surface area contributed by atoms with Crippen LogP contribution in [0.15, 0.2) is 78.9 Å². The second-order valence-corrected chi connectivity index (χ2v) is 17.0. The van der Waals surface area contributed by atoms with E-state index in [9.17, 15) is 18.0 Å². The van der Waals surface area contributed by atoms with E-state index in [0.29, 0.717) is 10.7 Å². The Bertz CT molecular complexity index is 1660. The Balaban J connectivity index is 1.30. The van der Waals surface area contributed by atoms with Crippen molar-refractivity contribution in [3.05, 3.63) is 101 Å². The lowest BCUT2D eigenvalue weighted by Gasteiger charge is -2.57. The van der Waals surface area contributed by atoms with E-state index in [1.54, 1.807) is 12.1 Å². The van der Waals surface area contributed by atoms with Gasteiger partial charge in [0.2, 0.25) is 21.8 Å². The molecular formula is C39H48ClN3O4S. The summed E-state index contributed by atoms with van der Waals surface area (Å²) in [4.78, 5) is 29.9. The van der Waals surface area contributed by atoms with Crippen molar-refractivity contribution >= 4 is 39.1 Å². The van der Waals surface area contributed by atoms with Gasteiger partial charge in [-0.05, 0) is 116 Å². The van der Waals surface area contributed by atoms with Gasteiger partial charge in [-0.1, -0.05) is 73.1 Å². The van der Waals surface area contributed by atoms with E-state index in [1.807, 2.05) is 68.4 Å². The van der Waals surface area contributed by atoms with Crippen molar-refractivity contribution in [2.75, 3.05) is 17.1 Å². The summed E-state index contributed by atoms with van der Waals surface area (Å²) in [6.45, 7) is 3.61. The highest BCUT2D eigenvalue weighted by Crippen LogP contribution is 2.60. The fourth-order valence-electron chi connectivity index (χ4n) is 8.84. The van der Waals surface area contributed by atoms with Crippen LogP contribution in [0, 0.1) is 17.8 Å². The number of carbonyl (C=O) groups excluding carboxylic acids is 2. The van der Waals surface area contributed by atoms with Crippen molar-refractivity contribution < 1.29 is 18.0 Å². The Morgan fingerprint density at radius 1 is 0.875 bits per heavy atom. The molecule has 1 N–H and O–H groups in total. The summed E-state index contributed by atoms with van der Waals surface area (Å²) in [5.74, 6) is 1.67. The van der Waals surface area contributed by atoms with Crippen LogP contribution >= 0.6 is 11.6 Å². The number of benzene rings is 3. The maximum absolute atomic E-state index is 14.4. The van der Waals surface area contributed by atoms with Gasteiger partial charge < -0.3 is 10.2 Å². The number of nitrogens with one attached hydrogen (secondary N) is 1. The first-order valence-electron chi connectivity index (χ1n) is 17.4. The summed E-state index contributed by atoms with van der Waals surface area (Å²) < 4.78 is 27.8. The van der Waals surface area contributed by atoms with Gasteiger partial charge in [-0.25, -0.2) is 8.42 Å². The van der Waals surface area contributed by atoms with Crippen LogP contribution in [-0.2, 0) is 38.0 Å². The zero-order chi connectivity index (χ0) is 34.1. The minimum absolute atomic E-state index is 0.0942. The third-order valence-corrected chi connectivity index (χ3v) is 12.4. The van der Waals surface area contributed by atoms with Gasteiger partial charge in [0, 0.05) is 24.0 Å². The van der Waals surface area contributed by atoms with Crippen molar-refractivity contribution in [2.45, 2.75) is 89.3 Å². The lowest BCUT2D eigenvalue weighted by Crippen LogP contribution is -2.54. The summed E-state index contributed by atoms with van der Waals surface area (Å²) in [6.07, 6.45) is 9.86. The van der Waals surface area contributed by atoms with Gasteiger partial charge >= 0.3 is 0 Å². The number of hydrogen-bond donors (Lipinski definition) is 1. The first-order valence-corrected chi connectivity index (χ1v) is 19.6. The SMILES string of the molecule is CCC(C)NC(=O)C(Cc1ccccc1)N(Cc1ccc(Cl)cc1)C(=O)CN(c1ccc(C23CC4CC(CC(C4)C2)C3)cc1)S(C)(=O)=O. The fourth-order valence-corrected chi connectivity index (χ4v) is 9.82. The number of amides is 2. The smallest absolute Gasteiger partial charge is 0.244 e. The maximum Gasteiger partial charge on any atom is 0.244 e. The minimum atomic E-state index is -3.84. The molecule has 7 rings (SSSR count). The molecule has 4 fully saturated rings. The van der Waals surface area contributed by atoms with E-state index in [2.05, 4.69) is 17.4 Å². The standard InChI is InChI=1S/C39H48ClN3O4S/c1-4-27(2)41-38(45)36(21-28-8-6-5-7-9-28)42(25-29-10-14-34(40)15-11-29)37(44)26-43(48(3,46)47)35-16-12-33(13-17-35)39-22-30-18-31(23-39)20-32(19-30)24-39/h5-17,27,30-32,36H,4,18-26H2,1-3H3,(H,41,45). The molecule has 48 heavy (non-hydrogen) atoms. The number of rotatable bonds is 13. The predicted molar refractivity (Wildman–Crippen MR) is 192 cm³/mol. The largest absolute Gasteiger partial charge is 0.352 e. The average molecular weight is 690 g/mol. The van der Waals surface area contributed by atoms with Gasteiger partial charge in [0.25, 0.3) is 0 Å². The molecular weight excluding hydrogens is 642 g/mol. The molecule has 0 aliphatic heterocycles. The topological polar surface area (TPSA) is 86.8 Å². The van der Waals surface area contributed by atoms with Gasteiger partial charge in [-0.2, -0.15) is 0 Å². The maximum atomic E-state index is 14.4. The molecule has 7 nitrogen and oxygen atoms in total. The van der Waals surface area contributed by atoms with E-state index in [1.165, 1.54) is 53.3 Å². The van der Waals surface area contributed by atoms with Gasteiger partial charge in [0.1, 0.15) is 12.6 Å². The summed E-state index contributed by atoms with van der Waals surface area (Å²) in [6, 6.07) is 23.7. The van der Waals surface area contributed by atoms with Crippen LogP contribution < -0.4 is 9.62 Å². The lowest BCUT2D eigenvalue weighted by atomic mass is 9.48. The van der Waals surface area contributed by atoms with Crippen LogP contribution in [0.4, 0.5) is 5.69 Å². The Kier molecular flexibility index (Phi) is 10.2. The first-order chi connectivity index (χ1) is 22.9. The molecule has 0 aromatic heterocycles. The Hall–Kier alpha value is -3.36. The predicted octanol–water partition coefficient (Wildman–Crippen LogP) is 7.13. The molecule has 2 unspecified atom stereocenters. The van der Waals surface area contributed by atoms with Crippen LogP contribution in [0.5, 0.6) is 0 Å². The van der Waals surface area contributed by atoms with Crippen molar-refractivity contribution in [1.29, 1.82) is 0 Å². The van der Waals surface area contributed by atoms with E-state index in [-0.39, 0.29) is 30.3 Å². The second kappa shape index (κ2) is 14.2.